The van der Waals surface area contributed by atoms with Gasteiger partial charge in [0.25, 0.3) is 0 Å². The molecule has 0 aliphatic heterocycles. The summed E-state index contributed by atoms with van der Waals surface area (Å²) in [6, 6.07) is 1.85. The molecule has 0 fully saturated rings. The average Bonchev–Trinajstić information content (AvgIpc) is 2.11. The summed E-state index contributed by atoms with van der Waals surface area (Å²) in [5, 5.41) is 11.0. The predicted molar refractivity (Wildman–Crippen MR) is 47.9 cm³/mol. The van der Waals surface area contributed by atoms with E-state index in [0.29, 0.717) is 0 Å². The van der Waals surface area contributed by atoms with Gasteiger partial charge in [-0.1, -0.05) is 0 Å². The van der Waals surface area contributed by atoms with E-state index in [1.165, 1.54) is 13.8 Å². The van der Waals surface area contributed by atoms with Gasteiger partial charge in [-0.3, -0.25) is 4.79 Å². The smallest absolute Gasteiger partial charge is 0.404 e. The zero-order valence-corrected chi connectivity index (χ0v) is 8.16. The van der Waals surface area contributed by atoms with Gasteiger partial charge in [0, 0.05) is 0 Å². The number of nitrogens with zero attached hydrogens (tertiary/aromatic N) is 1. The molecule has 0 saturated carbocycles. The van der Waals surface area contributed by atoms with Crippen molar-refractivity contribution in [1.29, 1.82) is 5.26 Å². The van der Waals surface area contributed by atoms with Crippen LogP contribution in [0.2, 0.25) is 0 Å². The molecule has 2 amide bonds. The quantitative estimate of drug-likeness (QED) is 0.609. The van der Waals surface area contributed by atoms with Crippen LogP contribution in [-0.4, -0.2) is 25.2 Å². The van der Waals surface area contributed by atoms with Crippen molar-refractivity contribution in [2.24, 2.45) is 11.1 Å². The number of hydrogen-bond acceptors (Lipinski definition) is 4. The van der Waals surface area contributed by atoms with Crippen LogP contribution in [0.5, 0.6) is 0 Å². The predicted octanol–water partition coefficient (Wildman–Crippen LogP) is -0.252. The highest BCUT2D eigenvalue weighted by molar-refractivity contribution is 5.84. The van der Waals surface area contributed by atoms with Crippen LogP contribution in [0.15, 0.2) is 0 Å². The zero-order chi connectivity index (χ0) is 11.2. The minimum atomic E-state index is -1.08. The second-order valence-corrected chi connectivity index (χ2v) is 3.16. The van der Waals surface area contributed by atoms with Crippen LogP contribution in [0.1, 0.15) is 13.8 Å². The van der Waals surface area contributed by atoms with E-state index in [0.717, 1.165) is 0 Å². The molecule has 3 N–H and O–H groups in total. The van der Waals surface area contributed by atoms with Gasteiger partial charge in [-0.05, 0) is 13.8 Å². The minimum Gasteiger partial charge on any atom is -0.448 e. The first-order chi connectivity index (χ1) is 6.40. The number of nitriles is 1. The number of ether oxygens (including phenoxy) is 1. The first kappa shape index (κ1) is 12.2. The first-order valence-corrected chi connectivity index (χ1v) is 4.02. The Hall–Kier alpha value is -1.77. The Morgan fingerprint density at radius 1 is 1.57 bits per heavy atom. The van der Waals surface area contributed by atoms with Crippen molar-refractivity contribution < 1.29 is 14.3 Å². The number of hydrogen-bond donors (Lipinski definition) is 2. The third-order valence-corrected chi connectivity index (χ3v) is 1.48. The maximum Gasteiger partial charge on any atom is 0.404 e. The third kappa shape index (κ3) is 4.30. The van der Waals surface area contributed by atoms with Crippen LogP contribution >= 0.6 is 0 Å². The molecule has 0 aromatic heterocycles. The molecule has 0 atom stereocenters. The maximum atomic E-state index is 11.2. The van der Waals surface area contributed by atoms with Gasteiger partial charge in [0.2, 0.25) is 5.91 Å². The van der Waals surface area contributed by atoms with E-state index in [1.54, 1.807) is 0 Å². The van der Waals surface area contributed by atoms with E-state index >= 15 is 0 Å². The summed E-state index contributed by atoms with van der Waals surface area (Å²) in [6.07, 6.45) is -0.890. The van der Waals surface area contributed by atoms with E-state index in [1.807, 2.05) is 6.07 Å². The summed E-state index contributed by atoms with van der Waals surface area (Å²) >= 11 is 0. The van der Waals surface area contributed by atoms with Gasteiger partial charge in [-0.2, -0.15) is 5.26 Å². The average molecular weight is 199 g/mol. The van der Waals surface area contributed by atoms with Gasteiger partial charge in [-0.15, -0.1) is 0 Å². The van der Waals surface area contributed by atoms with E-state index in [4.69, 9.17) is 11.0 Å². The fraction of sp³-hybridized carbons (Fsp3) is 0.625. The van der Waals surface area contributed by atoms with Crippen LogP contribution < -0.4 is 11.1 Å². The van der Waals surface area contributed by atoms with Gasteiger partial charge in [0.15, 0.2) is 0 Å². The third-order valence-electron chi connectivity index (χ3n) is 1.48. The SMILES string of the molecule is CC(C)(C#N)C(=O)NCCOC(N)=O. The molecule has 0 unspecified atom stereocenters. The molecule has 0 bridgehead atoms. The number of carbonyl (C=O) groups is 2. The molecule has 0 aromatic rings. The summed E-state index contributed by atoms with van der Waals surface area (Å²) in [5.41, 5.74) is 3.62. The van der Waals surface area contributed by atoms with Crippen LogP contribution in [-0.2, 0) is 9.53 Å². The second-order valence-electron chi connectivity index (χ2n) is 3.16. The molecule has 0 aliphatic carbocycles. The first-order valence-electron chi connectivity index (χ1n) is 4.02. The molecule has 0 heterocycles. The van der Waals surface area contributed by atoms with Crippen molar-refractivity contribution in [2.75, 3.05) is 13.2 Å². The lowest BCUT2D eigenvalue weighted by molar-refractivity contribution is -0.126. The van der Waals surface area contributed by atoms with Gasteiger partial charge < -0.3 is 15.8 Å². The largest absolute Gasteiger partial charge is 0.448 e. The number of nitrogens with two attached hydrogens (primary N) is 1. The van der Waals surface area contributed by atoms with Crippen LogP contribution in [0.4, 0.5) is 4.79 Å². The number of amides is 2. The number of rotatable bonds is 4. The number of primary amides is 1. The van der Waals surface area contributed by atoms with E-state index in [-0.39, 0.29) is 13.2 Å². The van der Waals surface area contributed by atoms with E-state index < -0.39 is 17.4 Å². The minimum absolute atomic E-state index is 0.00256. The van der Waals surface area contributed by atoms with E-state index in [2.05, 4.69) is 10.1 Å². The monoisotopic (exact) mass is 199 g/mol. The topological polar surface area (TPSA) is 105 Å². The summed E-state index contributed by atoms with van der Waals surface area (Å²) in [7, 11) is 0. The van der Waals surface area contributed by atoms with Gasteiger partial charge >= 0.3 is 6.09 Å². The van der Waals surface area contributed by atoms with Gasteiger partial charge in [0.1, 0.15) is 12.0 Å². The number of carbonyl (C=O) groups excluding carboxylic acids is 2. The molecule has 6 nitrogen and oxygen atoms in total. The van der Waals surface area contributed by atoms with Gasteiger partial charge in [0.05, 0.1) is 12.6 Å². The highest BCUT2D eigenvalue weighted by atomic mass is 16.5. The molecule has 0 radical (unpaired) electrons. The Bertz CT molecular complexity index is 267. The number of nitrogens with one attached hydrogen (secondary N) is 1. The Morgan fingerprint density at radius 3 is 2.57 bits per heavy atom. The lowest BCUT2D eigenvalue weighted by atomic mass is 9.95. The summed E-state index contributed by atoms with van der Waals surface area (Å²) in [6.45, 7) is 3.14. The van der Waals surface area contributed by atoms with Crippen molar-refractivity contribution in [3.05, 3.63) is 0 Å². The standard InChI is InChI=1S/C8H13N3O3/c1-8(2,5-9)6(12)11-3-4-14-7(10)13/h3-4H2,1-2H3,(H2,10,13)(H,11,12). The molecule has 78 valence electrons. The van der Waals surface area contributed by atoms with Crippen molar-refractivity contribution in [2.45, 2.75) is 13.8 Å². The zero-order valence-electron chi connectivity index (χ0n) is 8.16. The maximum absolute atomic E-state index is 11.2. The summed E-state index contributed by atoms with van der Waals surface area (Å²) < 4.78 is 4.38. The Kier molecular flexibility index (Phi) is 4.43. The molecule has 0 saturated heterocycles. The molecule has 0 aliphatic rings. The van der Waals surface area contributed by atoms with E-state index in [9.17, 15) is 9.59 Å². The molecule has 14 heavy (non-hydrogen) atoms. The Balaban J connectivity index is 3.77. The van der Waals surface area contributed by atoms with Crippen LogP contribution in [0.25, 0.3) is 0 Å². The molecule has 0 rings (SSSR count). The highest BCUT2D eigenvalue weighted by Crippen LogP contribution is 2.11. The Labute approximate surface area is 82.0 Å². The lowest BCUT2D eigenvalue weighted by Crippen LogP contribution is -2.38. The van der Waals surface area contributed by atoms with Crippen molar-refractivity contribution in [1.82, 2.24) is 5.32 Å². The highest BCUT2D eigenvalue weighted by Gasteiger charge is 2.26. The van der Waals surface area contributed by atoms with Crippen molar-refractivity contribution in [3.63, 3.8) is 0 Å². The molecular weight excluding hydrogens is 186 g/mol. The summed E-state index contributed by atoms with van der Waals surface area (Å²) in [5.74, 6) is -0.409. The fourth-order valence-corrected chi connectivity index (χ4v) is 0.588. The normalized spacial score (nSPS) is 10.1. The van der Waals surface area contributed by atoms with Crippen molar-refractivity contribution in [3.8, 4) is 6.07 Å². The molecular formula is C8H13N3O3. The lowest BCUT2D eigenvalue weighted by Gasteiger charge is -2.14. The van der Waals surface area contributed by atoms with Gasteiger partial charge in [-0.25, -0.2) is 4.79 Å². The summed E-state index contributed by atoms with van der Waals surface area (Å²) in [4.78, 5) is 21.4. The second kappa shape index (κ2) is 5.07. The van der Waals surface area contributed by atoms with Crippen LogP contribution in [0, 0.1) is 16.7 Å². The molecule has 6 heteroatoms. The Morgan fingerprint density at radius 2 is 2.14 bits per heavy atom. The molecule has 0 aromatic carbocycles. The van der Waals surface area contributed by atoms with Crippen molar-refractivity contribution >= 4 is 12.0 Å². The van der Waals surface area contributed by atoms with Crippen LogP contribution in [0.3, 0.4) is 0 Å². The molecule has 0 spiro atoms. The fourth-order valence-electron chi connectivity index (χ4n) is 0.588.